The van der Waals surface area contributed by atoms with Crippen molar-refractivity contribution in [3.8, 4) is 22.3 Å². The summed E-state index contributed by atoms with van der Waals surface area (Å²) < 4.78 is 2.97. The Morgan fingerprint density at radius 2 is 1.11 bits per heavy atom. The molecule has 1 aromatic heterocycles. The van der Waals surface area contributed by atoms with Crippen molar-refractivity contribution in [2.45, 2.75) is 19.3 Å². The van der Waals surface area contributed by atoms with Crippen LogP contribution in [-0.2, 0) is 5.41 Å². The van der Waals surface area contributed by atoms with Gasteiger partial charge in [0, 0.05) is 0 Å². The van der Waals surface area contributed by atoms with Crippen molar-refractivity contribution in [2.24, 2.45) is 0 Å². The van der Waals surface area contributed by atoms with E-state index in [2.05, 4.69) is 170 Å². The molecule has 9 rings (SSSR count). The zero-order valence-electron chi connectivity index (χ0n) is 25.3. The van der Waals surface area contributed by atoms with Gasteiger partial charge < -0.3 is 0 Å². The van der Waals surface area contributed by atoms with Crippen molar-refractivity contribution < 1.29 is 0 Å². The zero-order valence-corrected chi connectivity index (χ0v) is 27.0. The van der Waals surface area contributed by atoms with Crippen LogP contribution in [0.25, 0.3) is 52.3 Å². The van der Waals surface area contributed by atoms with Gasteiger partial charge in [-0.3, -0.25) is 0 Å². The molecule has 0 saturated heterocycles. The van der Waals surface area contributed by atoms with Gasteiger partial charge in [0.25, 0.3) is 0 Å². The first-order valence-electron chi connectivity index (χ1n) is 15.6. The molecule has 0 N–H and O–H groups in total. The van der Waals surface area contributed by atoms with Crippen molar-refractivity contribution in [3.05, 3.63) is 163 Å². The molecular weight excluding hydrogens is 609 g/mol. The first kappa shape index (κ1) is 26.5. The first-order valence-corrected chi connectivity index (χ1v) is 17.3. The van der Waals surface area contributed by atoms with Gasteiger partial charge in [0.05, 0.1) is 0 Å². The third-order valence-electron chi connectivity index (χ3n) is 9.66. The molecule has 0 spiro atoms. The van der Waals surface area contributed by atoms with Crippen LogP contribution in [-0.4, -0.2) is 14.5 Å². The predicted octanol–water partition coefficient (Wildman–Crippen LogP) is 11.6. The van der Waals surface area contributed by atoms with Gasteiger partial charge in [-0.15, -0.1) is 0 Å². The molecule has 0 radical (unpaired) electrons. The maximum atomic E-state index is 2.45. The summed E-state index contributed by atoms with van der Waals surface area (Å²) in [5.74, 6) is 0. The van der Waals surface area contributed by atoms with Gasteiger partial charge in [-0.2, -0.15) is 0 Å². The topological polar surface area (TPSA) is 3.24 Å². The third-order valence-corrected chi connectivity index (χ3v) is 12.2. The van der Waals surface area contributed by atoms with Gasteiger partial charge >= 0.3 is 265 Å². The summed E-state index contributed by atoms with van der Waals surface area (Å²) in [6, 6.07) is 56.2. The molecule has 0 unspecified atom stereocenters. The third kappa shape index (κ3) is 4.14. The quantitative estimate of drug-likeness (QED) is 0.173. The van der Waals surface area contributed by atoms with Crippen molar-refractivity contribution in [3.63, 3.8) is 0 Å². The molecule has 0 saturated carbocycles. The Morgan fingerprint density at radius 3 is 1.98 bits per heavy atom. The molecule has 0 bridgehead atoms. The summed E-state index contributed by atoms with van der Waals surface area (Å²) in [7, 11) is 0. The molecule has 0 aliphatic heterocycles. The van der Waals surface area contributed by atoms with Crippen LogP contribution >= 0.6 is 0 Å². The van der Waals surface area contributed by atoms with Gasteiger partial charge in [-0.05, 0) is 0 Å². The van der Waals surface area contributed by atoms with Crippen LogP contribution in [0.4, 0.5) is 17.1 Å². The van der Waals surface area contributed by atoms with Gasteiger partial charge in [0.1, 0.15) is 0 Å². The molecule has 1 aliphatic carbocycles. The molecule has 7 aromatic carbocycles. The van der Waals surface area contributed by atoms with E-state index in [1.54, 1.807) is 0 Å². The second-order valence-electron chi connectivity index (χ2n) is 12.6. The van der Waals surface area contributed by atoms with Gasteiger partial charge in [-0.25, -0.2) is 0 Å². The monoisotopic (exact) mass is 641 g/mol. The molecule has 45 heavy (non-hydrogen) atoms. The average Bonchev–Trinajstić information content (AvgIpc) is 3.58. The molecule has 8 aromatic rings. The van der Waals surface area contributed by atoms with Crippen LogP contribution in [0.2, 0.25) is 0 Å². The van der Waals surface area contributed by atoms with Crippen molar-refractivity contribution in [1.29, 1.82) is 0 Å². The molecule has 0 amide bonds. The summed E-state index contributed by atoms with van der Waals surface area (Å²) in [6.07, 6.45) is 0. The Kier molecular flexibility index (Phi) is 5.94. The molecule has 1 heterocycles. The van der Waals surface area contributed by atoms with E-state index in [4.69, 9.17) is 0 Å². The number of rotatable bonds is 4. The van der Waals surface area contributed by atoms with E-state index in [0.717, 1.165) is 5.69 Å². The van der Waals surface area contributed by atoms with Crippen molar-refractivity contribution in [1.82, 2.24) is 0 Å². The second kappa shape index (κ2) is 10.1. The molecule has 2 heteroatoms. The summed E-state index contributed by atoms with van der Waals surface area (Å²) in [5.41, 5.74) is 11.4. The summed E-state index contributed by atoms with van der Waals surface area (Å²) in [6.45, 7) is 4.72. The Hall–Kier alpha value is -4.88. The van der Waals surface area contributed by atoms with E-state index < -0.39 is 0 Å². The number of hydrogen-bond acceptors (Lipinski definition) is 1. The summed E-state index contributed by atoms with van der Waals surface area (Å²) >= 11 is 0.287. The van der Waals surface area contributed by atoms with Crippen LogP contribution in [0.1, 0.15) is 25.0 Å². The Labute approximate surface area is 269 Å². The fourth-order valence-electron chi connectivity index (χ4n) is 7.34. The zero-order chi connectivity index (χ0) is 30.1. The standard InChI is InChI=1S/C43H31NSe/c1-43(2)39-14-8-6-12-34(39)35-25-23-33(27-40(35)43)44(31-20-16-29(17-21-31)28-10-4-3-5-11-28)32-22-18-30-19-24-37-36-13-7-9-15-41(36)45-42(37)38(30)26-32/h3-27H,1-2H3. The van der Waals surface area contributed by atoms with Crippen molar-refractivity contribution in [2.75, 3.05) is 4.90 Å². The maximum absolute atomic E-state index is 2.45. The van der Waals surface area contributed by atoms with Gasteiger partial charge in [-0.1, -0.05) is 6.07 Å². The van der Waals surface area contributed by atoms with Crippen molar-refractivity contribution >= 4 is 61.6 Å². The summed E-state index contributed by atoms with van der Waals surface area (Å²) in [5, 5.41) is 5.46. The molecule has 1 aliphatic rings. The van der Waals surface area contributed by atoms with E-state index in [9.17, 15) is 0 Å². The van der Waals surface area contributed by atoms with Crippen LogP contribution in [0.15, 0.2) is 152 Å². The number of hydrogen-bond donors (Lipinski definition) is 0. The van der Waals surface area contributed by atoms with Gasteiger partial charge in [0.2, 0.25) is 0 Å². The average molecular weight is 641 g/mol. The van der Waals surface area contributed by atoms with E-state index in [-0.39, 0.29) is 19.9 Å². The van der Waals surface area contributed by atoms with Crippen LogP contribution in [0, 0.1) is 0 Å². The summed E-state index contributed by atoms with van der Waals surface area (Å²) in [4.78, 5) is 2.45. The number of nitrogens with zero attached hydrogens (tertiary/aromatic N) is 1. The fraction of sp³-hybridized carbons (Fsp3) is 0.0698. The second-order valence-corrected chi connectivity index (χ2v) is 14.8. The number of fused-ring (bicyclic) bond motifs is 8. The number of anilines is 3. The Bertz CT molecular complexity index is 2400. The minimum atomic E-state index is -0.0662. The molecule has 214 valence electrons. The molecule has 1 nitrogen and oxygen atoms in total. The minimum absolute atomic E-state index is 0.0662. The van der Waals surface area contributed by atoms with Crippen LogP contribution < -0.4 is 4.90 Å². The van der Waals surface area contributed by atoms with Crippen LogP contribution in [0.3, 0.4) is 0 Å². The Morgan fingerprint density at radius 1 is 0.467 bits per heavy atom. The normalized spacial score (nSPS) is 13.3. The first-order chi connectivity index (χ1) is 22.1. The fourth-order valence-corrected chi connectivity index (χ4v) is 9.92. The van der Waals surface area contributed by atoms with Gasteiger partial charge in [0.15, 0.2) is 0 Å². The molecular formula is C43H31NSe. The van der Waals surface area contributed by atoms with E-state index in [0.29, 0.717) is 0 Å². The van der Waals surface area contributed by atoms with E-state index in [1.165, 1.54) is 74.8 Å². The predicted molar refractivity (Wildman–Crippen MR) is 194 cm³/mol. The Balaban J connectivity index is 1.25. The van der Waals surface area contributed by atoms with Crippen LogP contribution in [0.5, 0.6) is 0 Å². The SMILES string of the molecule is CC1(C)c2ccccc2-c2ccc(N(c3ccc(-c4ccccc4)cc3)c3ccc4ccc5c6ccccc6[se]c5c4c3)cc21. The van der Waals surface area contributed by atoms with E-state index in [1.807, 2.05) is 0 Å². The number of benzene rings is 7. The van der Waals surface area contributed by atoms with E-state index >= 15 is 0 Å². The molecule has 0 fully saturated rings. The molecule has 0 atom stereocenters.